The number of nitrogens with zero attached hydrogens (tertiary/aromatic N) is 2. The summed E-state index contributed by atoms with van der Waals surface area (Å²) in [5, 5.41) is 8.12. The maximum Gasteiger partial charge on any atom is 0.251 e. The molecule has 0 aliphatic carbocycles. The Labute approximate surface area is 116 Å². The zero-order chi connectivity index (χ0) is 13.9. The van der Waals surface area contributed by atoms with Crippen molar-refractivity contribution in [2.75, 3.05) is 12.8 Å². The molecular formula is C15H13N3O2. The minimum Gasteiger partial charge on any atom is -0.494 e. The lowest BCUT2D eigenvalue weighted by Gasteiger charge is -2.07. The largest absolute Gasteiger partial charge is 0.494 e. The van der Waals surface area contributed by atoms with Crippen LogP contribution in [0.15, 0.2) is 52.9 Å². The van der Waals surface area contributed by atoms with Crippen LogP contribution in [0.3, 0.4) is 0 Å². The lowest BCUT2D eigenvalue weighted by molar-refractivity contribution is 0.416. The molecular weight excluding hydrogens is 254 g/mol. The monoisotopic (exact) mass is 267 g/mol. The Morgan fingerprint density at radius 2 is 1.70 bits per heavy atom. The van der Waals surface area contributed by atoms with Crippen LogP contribution in [0, 0.1) is 0 Å². The number of ether oxygens (including phenoxy) is 1. The van der Waals surface area contributed by atoms with Crippen LogP contribution in [-0.2, 0) is 0 Å². The molecule has 3 aromatic rings. The average molecular weight is 267 g/mol. The molecule has 0 amide bonds. The fraction of sp³-hybridized carbons (Fsp3) is 0.0667. The highest BCUT2D eigenvalue weighted by Crippen LogP contribution is 2.34. The number of para-hydroxylation sites is 1. The average Bonchev–Trinajstić information content (AvgIpc) is 2.97. The molecule has 5 nitrogen and oxygen atoms in total. The van der Waals surface area contributed by atoms with Gasteiger partial charge in [0.15, 0.2) is 5.75 Å². The summed E-state index contributed by atoms with van der Waals surface area (Å²) in [5.41, 5.74) is 7.96. The molecule has 1 heterocycles. The molecule has 0 unspecified atom stereocenters. The second-order valence-electron chi connectivity index (χ2n) is 4.21. The molecule has 100 valence electrons. The normalized spacial score (nSPS) is 10.4. The summed E-state index contributed by atoms with van der Waals surface area (Å²) in [6.45, 7) is 0. The van der Waals surface area contributed by atoms with Gasteiger partial charge in [0.25, 0.3) is 5.89 Å². The van der Waals surface area contributed by atoms with Crippen molar-refractivity contribution in [1.29, 1.82) is 0 Å². The van der Waals surface area contributed by atoms with Crippen LogP contribution in [0.5, 0.6) is 5.75 Å². The molecule has 20 heavy (non-hydrogen) atoms. The van der Waals surface area contributed by atoms with Crippen LogP contribution < -0.4 is 10.5 Å². The smallest absolute Gasteiger partial charge is 0.251 e. The lowest BCUT2D eigenvalue weighted by Crippen LogP contribution is -1.94. The number of anilines is 1. The molecule has 0 atom stereocenters. The van der Waals surface area contributed by atoms with E-state index in [-0.39, 0.29) is 0 Å². The van der Waals surface area contributed by atoms with Crippen LogP contribution in [0.2, 0.25) is 0 Å². The van der Waals surface area contributed by atoms with Gasteiger partial charge in [-0.05, 0) is 24.3 Å². The molecule has 2 aromatic carbocycles. The zero-order valence-corrected chi connectivity index (χ0v) is 10.9. The quantitative estimate of drug-likeness (QED) is 0.738. The predicted octanol–water partition coefficient (Wildman–Crippen LogP) is 2.99. The van der Waals surface area contributed by atoms with Crippen molar-refractivity contribution in [1.82, 2.24) is 10.2 Å². The Kier molecular flexibility index (Phi) is 3.09. The first kappa shape index (κ1) is 12.2. The third-order valence-electron chi connectivity index (χ3n) is 2.93. The third kappa shape index (κ3) is 2.09. The van der Waals surface area contributed by atoms with E-state index in [0.717, 1.165) is 5.56 Å². The first-order valence-corrected chi connectivity index (χ1v) is 6.11. The van der Waals surface area contributed by atoms with Gasteiger partial charge in [-0.1, -0.05) is 24.3 Å². The van der Waals surface area contributed by atoms with Gasteiger partial charge in [-0.25, -0.2) is 0 Å². The standard InChI is InChI=1S/C15H13N3O2/c1-19-13-11(8-5-9-12(13)16)15-18-17-14(20-15)10-6-3-2-4-7-10/h2-9H,16H2,1H3. The Morgan fingerprint density at radius 3 is 2.45 bits per heavy atom. The molecule has 3 rings (SSSR count). The number of methoxy groups -OCH3 is 1. The number of aromatic nitrogens is 2. The minimum absolute atomic E-state index is 0.382. The zero-order valence-electron chi connectivity index (χ0n) is 10.9. The molecule has 0 saturated heterocycles. The SMILES string of the molecule is COc1c(N)cccc1-c1nnc(-c2ccccc2)o1. The summed E-state index contributed by atoms with van der Waals surface area (Å²) in [6.07, 6.45) is 0. The van der Waals surface area contributed by atoms with Crippen LogP contribution in [0.25, 0.3) is 22.9 Å². The van der Waals surface area contributed by atoms with Gasteiger partial charge in [0.05, 0.1) is 18.4 Å². The minimum atomic E-state index is 0.382. The van der Waals surface area contributed by atoms with Gasteiger partial charge in [-0.2, -0.15) is 0 Å². The topological polar surface area (TPSA) is 74.2 Å². The summed E-state index contributed by atoms with van der Waals surface area (Å²) in [6, 6.07) is 15.0. The molecule has 0 aliphatic rings. The molecule has 2 N–H and O–H groups in total. The van der Waals surface area contributed by atoms with Gasteiger partial charge in [-0.15, -0.1) is 10.2 Å². The van der Waals surface area contributed by atoms with Crippen molar-refractivity contribution in [2.45, 2.75) is 0 Å². The first-order chi connectivity index (χ1) is 9.79. The lowest BCUT2D eigenvalue weighted by atomic mass is 10.1. The third-order valence-corrected chi connectivity index (χ3v) is 2.93. The Balaban J connectivity index is 2.05. The molecule has 0 saturated carbocycles. The summed E-state index contributed by atoms with van der Waals surface area (Å²) >= 11 is 0. The molecule has 0 aliphatic heterocycles. The fourth-order valence-electron chi connectivity index (χ4n) is 1.98. The van der Waals surface area contributed by atoms with Crippen LogP contribution in [-0.4, -0.2) is 17.3 Å². The van der Waals surface area contributed by atoms with E-state index in [4.69, 9.17) is 14.9 Å². The van der Waals surface area contributed by atoms with Crippen LogP contribution >= 0.6 is 0 Å². The molecule has 5 heteroatoms. The molecule has 0 radical (unpaired) electrons. The second kappa shape index (κ2) is 5.05. The van der Waals surface area contributed by atoms with Crippen molar-refractivity contribution < 1.29 is 9.15 Å². The molecule has 1 aromatic heterocycles. The summed E-state index contributed by atoms with van der Waals surface area (Å²) in [7, 11) is 1.56. The van der Waals surface area contributed by atoms with E-state index in [9.17, 15) is 0 Å². The first-order valence-electron chi connectivity index (χ1n) is 6.11. The van der Waals surface area contributed by atoms with E-state index in [1.54, 1.807) is 13.2 Å². The number of hydrogen-bond donors (Lipinski definition) is 1. The number of rotatable bonds is 3. The number of nitrogen functional groups attached to an aromatic ring is 1. The van der Waals surface area contributed by atoms with E-state index in [1.807, 2.05) is 42.5 Å². The molecule has 0 bridgehead atoms. The van der Waals surface area contributed by atoms with E-state index >= 15 is 0 Å². The summed E-state index contributed by atoms with van der Waals surface area (Å²) < 4.78 is 11.0. The van der Waals surface area contributed by atoms with Gasteiger partial charge in [-0.3, -0.25) is 0 Å². The highest BCUT2D eigenvalue weighted by Gasteiger charge is 2.15. The second-order valence-corrected chi connectivity index (χ2v) is 4.21. The Morgan fingerprint density at radius 1 is 0.950 bits per heavy atom. The van der Waals surface area contributed by atoms with E-state index in [0.29, 0.717) is 28.8 Å². The predicted molar refractivity (Wildman–Crippen MR) is 76.1 cm³/mol. The van der Waals surface area contributed by atoms with Crippen molar-refractivity contribution in [2.24, 2.45) is 0 Å². The van der Waals surface area contributed by atoms with E-state index in [1.165, 1.54) is 0 Å². The van der Waals surface area contributed by atoms with Crippen molar-refractivity contribution in [3.05, 3.63) is 48.5 Å². The number of nitrogens with two attached hydrogens (primary N) is 1. The van der Waals surface area contributed by atoms with Gasteiger partial charge in [0, 0.05) is 5.56 Å². The van der Waals surface area contributed by atoms with Gasteiger partial charge in [0.1, 0.15) is 0 Å². The van der Waals surface area contributed by atoms with E-state index < -0.39 is 0 Å². The highest BCUT2D eigenvalue weighted by atomic mass is 16.5. The summed E-state index contributed by atoms with van der Waals surface area (Å²) in [5.74, 6) is 1.38. The van der Waals surface area contributed by atoms with Gasteiger partial charge < -0.3 is 14.9 Å². The molecule has 0 spiro atoms. The van der Waals surface area contributed by atoms with E-state index in [2.05, 4.69) is 10.2 Å². The van der Waals surface area contributed by atoms with Crippen molar-refractivity contribution in [3.63, 3.8) is 0 Å². The van der Waals surface area contributed by atoms with Crippen molar-refractivity contribution in [3.8, 4) is 28.7 Å². The maximum absolute atomic E-state index is 5.87. The maximum atomic E-state index is 5.87. The van der Waals surface area contributed by atoms with Crippen LogP contribution in [0.4, 0.5) is 5.69 Å². The number of benzene rings is 2. The number of hydrogen-bond acceptors (Lipinski definition) is 5. The molecule has 0 fully saturated rings. The van der Waals surface area contributed by atoms with Gasteiger partial charge in [0.2, 0.25) is 5.89 Å². The summed E-state index contributed by atoms with van der Waals surface area (Å²) in [4.78, 5) is 0. The van der Waals surface area contributed by atoms with Crippen LogP contribution in [0.1, 0.15) is 0 Å². The Hall–Kier alpha value is -2.82. The Bertz CT molecular complexity index is 723. The highest BCUT2D eigenvalue weighted by molar-refractivity contribution is 5.72. The van der Waals surface area contributed by atoms with Gasteiger partial charge >= 0.3 is 0 Å². The fourth-order valence-corrected chi connectivity index (χ4v) is 1.98. The van der Waals surface area contributed by atoms with Crippen molar-refractivity contribution >= 4 is 5.69 Å².